The molecule has 1 fully saturated rings. The van der Waals surface area contributed by atoms with Gasteiger partial charge in [-0.2, -0.15) is 0 Å². The molecule has 78 valence electrons. The van der Waals surface area contributed by atoms with E-state index in [0.717, 1.165) is 6.42 Å². The predicted octanol–water partition coefficient (Wildman–Crippen LogP) is 2.34. The summed E-state index contributed by atoms with van der Waals surface area (Å²) in [5.41, 5.74) is 6.26. The minimum absolute atomic E-state index is 0.0452. The van der Waals surface area contributed by atoms with E-state index in [1.807, 2.05) is 0 Å². The molecule has 1 aliphatic heterocycles. The van der Waals surface area contributed by atoms with Crippen LogP contribution < -0.4 is 5.73 Å². The smallest absolute Gasteiger partial charge is 0.0658 e. The van der Waals surface area contributed by atoms with Crippen molar-refractivity contribution in [2.75, 3.05) is 13.1 Å². The Kier molecular flexibility index (Phi) is 4.20. The molecule has 13 heavy (non-hydrogen) atoms. The van der Waals surface area contributed by atoms with Crippen molar-refractivity contribution >= 4 is 0 Å². The zero-order valence-corrected chi connectivity index (χ0v) is 9.18. The fourth-order valence-electron chi connectivity index (χ4n) is 2.10. The fourth-order valence-corrected chi connectivity index (χ4v) is 2.10. The van der Waals surface area contributed by atoms with E-state index in [1.54, 1.807) is 0 Å². The second-order valence-corrected chi connectivity index (χ2v) is 4.51. The number of nitrogens with two attached hydrogens (primary N) is 1. The maximum Gasteiger partial charge on any atom is 0.0658 e. The maximum absolute atomic E-state index is 6.30. The highest BCUT2D eigenvalue weighted by atomic mass is 15.3. The van der Waals surface area contributed by atoms with Gasteiger partial charge in [-0.1, -0.05) is 26.2 Å². The van der Waals surface area contributed by atoms with Gasteiger partial charge in [-0.15, -0.1) is 0 Å². The monoisotopic (exact) mass is 184 g/mol. The Hall–Kier alpha value is -0.0800. The van der Waals surface area contributed by atoms with Gasteiger partial charge in [0.25, 0.3) is 0 Å². The fraction of sp³-hybridized carbons (Fsp3) is 1.00. The molecule has 1 saturated heterocycles. The van der Waals surface area contributed by atoms with Crippen LogP contribution in [0, 0.1) is 0 Å². The Morgan fingerprint density at radius 2 is 1.85 bits per heavy atom. The van der Waals surface area contributed by atoms with Crippen LogP contribution in [-0.2, 0) is 0 Å². The Labute approximate surface area is 82.5 Å². The average Bonchev–Trinajstić information content (AvgIpc) is 2.16. The number of likely N-dealkylation sites (tertiary alicyclic amines) is 1. The predicted molar refractivity (Wildman–Crippen MR) is 57.5 cm³/mol. The van der Waals surface area contributed by atoms with Gasteiger partial charge in [0, 0.05) is 0 Å². The second-order valence-electron chi connectivity index (χ2n) is 4.51. The van der Waals surface area contributed by atoms with Crippen LogP contribution in [0.25, 0.3) is 0 Å². The lowest BCUT2D eigenvalue weighted by Gasteiger charge is -2.40. The SMILES string of the molecule is CCCCC(C)(N)N1CCCCC1. The summed E-state index contributed by atoms with van der Waals surface area (Å²) in [4.78, 5) is 2.46. The first-order valence-corrected chi connectivity index (χ1v) is 5.71. The highest BCUT2D eigenvalue weighted by Crippen LogP contribution is 2.21. The second kappa shape index (κ2) is 4.97. The van der Waals surface area contributed by atoms with E-state index < -0.39 is 0 Å². The summed E-state index contributed by atoms with van der Waals surface area (Å²) in [7, 11) is 0. The van der Waals surface area contributed by atoms with Gasteiger partial charge in [0.2, 0.25) is 0 Å². The van der Waals surface area contributed by atoms with Crippen molar-refractivity contribution in [3.05, 3.63) is 0 Å². The molecule has 0 saturated carbocycles. The molecule has 0 spiro atoms. The first kappa shape index (κ1) is 11.0. The molecule has 2 heteroatoms. The van der Waals surface area contributed by atoms with E-state index in [4.69, 9.17) is 5.73 Å². The number of nitrogens with zero attached hydrogens (tertiary/aromatic N) is 1. The molecular weight excluding hydrogens is 160 g/mol. The van der Waals surface area contributed by atoms with Crippen LogP contribution in [0.3, 0.4) is 0 Å². The Balaban J connectivity index is 2.36. The molecule has 1 unspecified atom stereocenters. The molecule has 0 amide bonds. The quantitative estimate of drug-likeness (QED) is 0.726. The summed E-state index contributed by atoms with van der Waals surface area (Å²) in [6, 6.07) is 0. The third-order valence-corrected chi connectivity index (χ3v) is 3.11. The van der Waals surface area contributed by atoms with Gasteiger partial charge >= 0.3 is 0 Å². The summed E-state index contributed by atoms with van der Waals surface area (Å²) < 4.78 is 0. The lowest BCUT2D eigenvalue weighted by molar-refractivity contribution is 0.0761. The molecule has 0 aliphatic carbocycles. The number of rotatable bonds is 4. The maximum atomic E-state index is 6.30. The Bertz CT molecular complexity index is 137. The van der Waals surface area contributed by atoms with Crippen molar-refractivity contribution in [2.45, 2.75) is 58.0 Å². The molecule has 0 bridgehead atoms. The Morgan fingerprint density at radius 1 is 1.23 bits per heavy atom. The van der Waals surface area contributed by atoms with Crippen LogP contribution in [-0.4, -0.2) is 23.7 Å². The third kappa shape index (κ3) is 3.28. The topological polar surface area (TPSA) is 29.3 Å². The number of hydrogen-bond acceptors (Lipinski definition) is 2. The van der Waals surface area contributed by atoms with Gasteiger partial charge < -0.3 is 5.73 Å². The van der Waals surface area contributed by atoms with Gasteiger partial charge in [0.1, 0.15) is 0 Å². The Morgan fingerprint density at radius 3 is 2.38 bits per heavy atom. The van der Waals surface area contributed by atoms with E-state index >= 15 is 0 Å². The minimum Gasteiger partial charge on any atom is -0.313 e. The highest BCUT2D eigenvalue weighted by molar-refractivity contribution is 4.81. The van der Waals surface area contributed by atoms with Crippen LogP contribution >= 0.6 is 0 Å². The highest BCUT2D eigenvalue weighted by Gasteiger charge is 2.27. The number of piperidine rings is 1. The van der Waals surface area contributed by atoms with Gasteiger partial charge in [-0.05, 0) is 39.3 Å². The molecule has 1 rings (SSSR count). The zero-order chi connectivity index (χ0) is 9.73. The lowest BCUT2D eigenvalue weighted by Crippen LogP contribution is -2.55. The molecule has 0 aromatic rings. The van der Waals surface area contributed by atoms with E-state index in [0.29, 0.717) is 0 Å². The largest absolute Gasteiger partial charge is 0.313 e. The third-order valence-electron chi connectivity index (χ3n) is 3.11. The summed E-state index contributed by atoms with van der Waals surface area (Å²) in [5, 5.41) is 0. The van der Waals surface area contributed by atoms with Crippen LogP contribution in [0.2, 0.25) is 0 Å². The van der Waals surface area contributed by atoms with E-state index in [9.17, 15) is 0 Å². The van der Waals surface area contributed by atoms with Crippen molar-refractivity contribution in [2.24, 2.45) is 5.73 Å². The van der Waals surface area contributed by atoms with Crippen molar-refractivity contribution < 1.29 is 0 Å². The molecular formula is C11H24N2. The normalized spacial score (nSPS) is 24.2. The van der Waals surface area contributed by atoms with Gasteiger partial charge in [-0.25, -0.2) is 0 Å². The first-order chi connectivity index (χ1) is 6.17. The molecule has 2 nitrogen and oxygen atoms in total. The first-order valence-electron chi connectivity index (χ1n) is 5.71. The molecule has 0 radical (unpaired) electrons. The van der Waals surface area contributed by atoms with Gasteiger partial charge in [-0.3, -0.25) is 4.90 Å². The van der Waals surface area contributed by atoms with Gasteiger partial charge in [0.05, 0.1) is 5.66 Å². The summed E-state index contributed by atoms with van der Waals surface area (Å²) in [6.45, 7) is 6.83. The van der Waals surface area contributed by atoms with Crippen molar-refractivity contribution in [3.63, 3.8) is 0 Å². The van der Waals surface area contributed by atoms with Crippen LogP contribution in [0.1, 0.15) is 52.4 Å². The molecule has 1 atom stereocenters. The van der Waals surface area contributed by atoms with Crippen molar-refractivity contribution in [1.29, 1.82) is 0 Å². The number of hydrogen-bond donors (Lipinski definition) is 1. The molecule has 0 aromatic heterocycles. The zero-order valence-electron chi connectivity index (χ0n) is 9.18. The van der Waals surface area contributed by atoms with Crippen molar-refractivity contribution in [3.8, 4) is 0 Å². The van der Waals surface area contributed by atoms with E-state index in [-0.39, 0.29) is 5.66 Å². The number of unbranched alkanes of at least 4 members (excludes halogenated alkanes) is 1. The lowest BCUT2D eigenvalue weighted by atomic mass is 10.00. The molecule has 1 aliphatic rings. The molecule has 2 N–H and O–H groups in total. The standard InChI is InChI=1S/C11H24N2/c1-3-4-8-11(2,12)13-9-6-5-7-10-13/h3-10,12H2,1-2H3. The van der Waals surface area contributed by atoms with Crippen molar-refractivity contribution in [1.82, 2.24) is 4.90 Å². The average molecular weight is 184 g/mol. The summed E-state index contributed by atoms with van der Waals surface area (Å²) >= 11 is 0. The molecule has 1 heterocycles. The van der Waals surface area contributed by atoms with E-state index in [1.165, 1.54) is 45.2 Å². The summed E-state index contributed by atoms with van der Waals surface area (Å²) in [5.74, 6) is 0. The van der Waals surface area contributed by atoms with Gasteiger partial charge in [0.15, 0.2) is 0 Å². The minimum atomic E-state index is -0.0452. The summed E-state index contributed by atoms with van der Waals surface area (Å²) in [6.07, 6.45) is 7.70. The van der Waals surface area contributed by atoms with Crippen LogP contribution in [0.15, 0.2) is 0 Å². The molecule has 0 aromatic carbocycles. The van der Waals surface area contributed by atoms with E-state index in [2.05, 4.69) is 18.7 Å². The van der Waals surface area contributed by atoms with Crippen LogP contribution in [0.5, 0.6) is 0 Å². The van der Waals surface area contributed by atoms with Crippen LogP contribution in [0.4, 0.5) is 0 Å².